The molecule has 1 amide bonds. The number of nitrogens with two attached hydrogens (primary N) is 2. The standard InChI is InChI=1S/C11H19N5O2/c1-3-5-18-11-9(13)10(14-7-15-11)16(4-2)6-8(12)17/h7H,3-6,13H2,1-2H3,(H2,12,17). The summed E-state index contributed by atoms with van der Waals surface area (Å²) >= 11 is 0. The summed E-state index contributed by atoms with van der Waals surface area (Å²) in [5, 5.41) is 0. The van der Waals surface area contributed by atoms with Crippen LogP contribution >= 0.6 is 0 Å². The molecule has 0 unspecified atom stereocenters. The molecule has 7 nitrogen and oxygen atoms in total. The van der Waals surface area contributed by atoms with Gasteiger partial charge in [-0.2, -0.15) is 4.98 Å². The summed E-state index contributed by atoms with van der Waals surface area (Å²) in [6.45, 7) is 5.03. The van der Waals surface area contributed by atoms with Crippen molar-refractivity contribution in [3.05, 3.63) is 6.33 Å². The molecule has 0 radical (unpaired) electrons. The van der Waals surface area contributed by atoms with Gasteiger partial charge in [-0.15, -0.1) is 0 Å². The maximum absolute atomic E-state index is 11.0. The van der Waals surface area contributed by atoms with E-state index in [-0.39, 0.29) is 6.54 Å². The Hall–Kier alpha value is -2.05. The molecule has 0 saturated carbocycles. The highest BCUT2D eigenvalue weighted by molar-refractivity contribution is 5.81. The fourth-order valence-corrected chi connectivity index (χ4v) is 1.46. The van der Waals surface area contributed by atoms with E-state index in [1.807, 2.05) is 13.8 Å². The summed E-state index contributed by atoms with van der Waals surface area (Å²) in [7, 11) is 0. The van der Waals surface area contributed by atoms with Gasteiger partial charge >= 0.3 is 0 Å². The Labute approximate surface area is 106 Å². The van der Waals surface area contributed by atoms with Gasteiger partial charge < -0.3 is 21.1 Å². The van der Waals surface area contributed by atoms with E-state index in [0.717, 1.165) is 6.42 Å². The van der Waals surface area contributed by atoms with Gasteiger partial charge in [-0.1, -0.05) is 6.92 Å². The van der Waals surface area contributed by atoms with Crippen LogP contribution in [0.1, 0.15) is 20.3 Å². The van der Waals surface area contributed by atoms with Crippen molar-refractivity contribution in [3.8, 4) is 5.88 Å². The topological polar surface area (TPSA) is 107 Å². The van der Waals surface area contributed by atoms with Crippen molar-refractivity contribution in [2.45, 2.75) is 20.3 Å². The van der Waals surface area contributed by atoms with Crippen LogP contribution in [0.4, 0.5) is 11.5 Å². The third-order valence-electron chi connectivity index (χ3n) is 2.30. The average molecular weight is 253 g/mol. The molecule has 1 heterocycles. The number of amides is 1. The molecule has 1 aromatic rings. The Kier molecular flexibility index (Phi) is 5.16. The average Bonchev–Trinajstić information content (AvgIpc) is 2.35. The van der Waals surface area contributed by atoms with Crippen LogP contribution in [0.2, 0.25) is 0 Å². The van der Waals surface area contributed by atoms with Crippen molar-refractivity contribution in [2.24, 2.45) is 5.73 Å². The lowest BCUT2D eigenvalue weighted by Crippen LogP contribution is -2.34. The van der Waals surface area contributed by atoms with Gasteiger partial charge in [0.2, 0.25) is 11.8 Å². The monoisotopic (exact) mass is 253 g/mol. The number of nitrogens with zero attached hydrogens (tertiary/aromatic N) is 3. The minimum atomic E-state index is -0.439. The molecule has 0 bridgehead atoms. The van der Waals surface area contributed by atoms with Crippen LogP contribution in [0.25, 0.3) is 0 Å². The van der Waals surface area contributed by atoms with Crippen molar-refractivity contribution < 1.29 is 9.53 Å². The lowest BCUT2D eigenvalue weighted by molar-refractivity contribution is -0.116. The van der Waals surface area contributed by atoms with Crippen LogP contribution in [0.5, 0.6) is 5.88 Å². The van der Waals surface area contributed by atoms with Gasteiger partial charge in [0, 0.05) is 6.54 Å². The molecule has 0 atom stereocenters. The number of carbonyl (C=O) groups is 1. The maximum Gasteiger partial charge on any atom is 0.242 e. The number of aromatic nitrogens is 2. The predicted octanol–water partition coefficient (Wildman–Crippen LogP) is 0.159. The Morgan fingerprint density at radius 2 is 2.17 bits per heavy atom. The second kappa shape index (κ2) is 6.63. The van der Waals surface area contributed by atoms with Gasteiger partial charge in [0.25, 0.3) is 0 Å². The summed E-state index contributed by atoms with van der Waals surface area (Å²) in [5.74, 6) is 0.369. The second-order valence-electron chi connectivity index (χ2n) is 3.75. The molecular weight excluding hydrogens is 234 g/mol. The Bertz CT molecular complexity index is 410. The highest BCUT2D eigenvalue weighted by Gasteiger charge is 2.16. The zero-order chi connectivity index (χ0) is 13.5. The van der Waals surface area contributed by atoms with Gasteiger partial charge in [-0.3, -0.25) is 4.79 Å². The summed E-state index contributed by atoms with van der Waals surface area (Å²) < 4.78 is 5.41. The fraction of sp³-hybridized carbons (Fsp3) is 0.545. The number of hydrogen-bond acceptors (Lipinski definition) is 6. The van der Waals surface area contributed by atoms with E-state index in [9.17, 15) is 4.79 Å². The number of carbonyl (C=O) groups excluding carboxylic acids is 1. The third-order valence-corrected chi connectivity index (χ3v) is 2.30. The molecule has 100 valence electrons. The number of likely N-dealkylation sites (N-methyl/N-ethyl adjacent to an activating group) is 1. The second-order valence-corrected chi connectivity index (χ2v) is 3.75. The van der Waals surface area contributed by atoms with Crippen LogP contribution in [0.15, 0.2) is 6.33 Å². The van der Waals surface area contributed by atoms with Crippen molar-refractivity contribution in [2.75, 3.05) is 30.3 Å². The van der Waals surface area contributed by atoms with Gasteiger partial charge in [0.1, 0.15) is 12.0 Å². The van der Waals surface area contributed by atoms with Gasteiger partial charge in [0.15, 0.2) is 5.82 Å². The highest BCUT2D eigenvalue weighted by Crippen LogP contribution is 2.27. The van der Waals surface area contributed by atoms with Crippen molar-refractivity contribution in [3.63, 3.8) is 0 Å². The smallest absolute Gasteiger partial charge is 0.242 e. The molecule has 0 aliphatic carbocycles. The third kappa shape index (κ3) is 3.47. The zero-order valence-electron chi connectivity index (χ0n) is 10.7. The largest absolute Gasteiger partial charge is 0.476 e. The molecule has 18 heavy (non-hydrogen) atoms. The van der Waals surface area contributed by atoms with Crippen molar-refractivity contribution >= 4 is 17.4 Å². The first-order valence-corrected chi connectivity index (χ1v) is 5.86. The van der Waals surface area contributed by atoms with E-state index < -0.39 is 5.91 Å². The van der Waals surface area contributed by atoms with E-state index in [4.69, 9.17) is 16.2 Å². The molecule has 4 N–H and O–H groups in total. The van der Waals surface area contributed by atoms with E-state index in [1.165, 1.54) is 6.33 Å². The number of primary amides is 1. The van der Waals surface area contributed by atoms with Gasteiger partial charge in [-0.05, 0) is 13.3 Å². The summed E-state index contributed by atoms with van der Waals surface area (Å²) in [6.07, 6.45) is 2.22. The van der Waals surface area contributed by atoms with Crippen LogP contribution in [0.3, 0.4) is 0 Å². The van der Waals surface area contributed by atoms with Crippen LogP contribution in [-0.4, -0.2) is 35.6 Å². The Morgan fingerprint density at radius 3 is 2.72 bits per heavy atom. The molecular formula is C11H19N5O2. The summed E-state index contributed by atoms with van der Waals surface area (Å²) in [4.78, 5) is 20.7. The number of rotatable bonds is 7. The van der Waals surface area contributed by atoms with Crippen molar-refractivity contribution in [1.82, 2.24) is 9.97 Å². The first kappa shape index (κ1) is 14.0. The van der Waals surface area contributed by atoms with Crippen LogP contribution in [-0.2, 0) is 4.79 Å². The lowest BCUT2D eigenvalue weighted by atomic mass is 10.4. The minimum absolute atomic E-state index is 0.0604. The van der Waals surface area contributed by atoms with Gasteiger partial charge in [-0.25, -0.2) is 4.98 Å². The lowest BCUT2D eigenvalue weighted by Gasteiger charge is -2.22. The highest BCUT2D eigenvalue weighted by atomic mass is 16.5. The Balaban J connectivity index is 2.96. The van der Waals surface area contributed by atoms with E-state index >= 15 is 0 Å². The molecule has 0 aliphatic rings. The molecule has 0 aliphatic heterocycles. The van der Waals surface area contributed by atoms with E-state index in [0.29, 0.717) is 30.5 Å². The molecule has 0 aromatic carbocycles. The van der Waals surface area contributed by atoms with E-state index in [2.05, 4.69) is 9.97 Å². The number of anilines is 2. The summed E-state index contributed by atoms with van der Waals surface area (Å²) in [5.41, 5.74) is 11.4. The molecule has 0 spiro atoms. The fourth-order valence-electron chi connectivity index (χ4n) is 1.46. The molecule has 0 fully saturated rings. The quantitative estimate of drug-likeness (QED) is 0.716. The van der Waals surface area contributed by atoms with Crippen LogP contribution in [0, 0.1) is 0 Å². The summed E-state index contributed by atoms with van der Waals surface area (Å²) in [6, 6.07) is 0. The number of nitrogen functional groups attached to an aromatic ring is 1. The minimum Gasteiger partial charge on any atom is -0.476 e. The van der Waals surface area contributed by atoms with E-state index in [1.54, 1.807) is 4.90 Å². The van der Waals surface area contributed by atoms with Crippen LogP contribution < -0.4 is 21.1 Å². The normalized spacial score (nSPS) is 10.1. The Morgan fingerprint density at radius 1 is 1.44 bits per heavy atom. The number of ether oxygens (including phenoxy) is 1. The predicted molar refractivity (Wildman–Crippen MR) is 69.3 cm³/mol. The first-order chi connectivity index (χ1) is 8.60. The molecule has 1 rings (SSSR count). The maximum atomic E-state index is 11.0. The first-order valence-electron chi connectivity index (χ1n) is 5.86. The molecule has 1 aromatic heterocycles. The molecule has 0 saturated heterocycles. The number of hydrogen-bond donors (Lipinski definition) is 2. The van der Waals surface area contributed by atoms with Crippen molar-refractivity contribution in [1.29, 1.82) is 0 Å². The molecule has 7 heteroatoms. The SMILES string of the molecule is CCCOc1ncnc(N(CC)CC(N)=O)c1N. The zero-order valence-corrected chi connectivity index (χ0v) is 10.7. The van der Waals surface area contributed by atoms with Gasteiger partial charge in [0.05, 0.1) is 13.2 Å².